The van der Waals surface area contributed by atoms with Crippen LogP contribution in [0.5, 0.6) is 11.5 Å². The summed E-state index contributed by atoms with van der Waals surface area (Å²) in [6.07, 6.45) is 1.48. The van der Waals surface area contributed by atoms with Crippen LogP contribution in [0.3, 0.4) is 0 Å². The van der Waals surface area contributed by atoms with E-state index in [2.05, 4.69) is 5.32 Å². The number of rotatable bonds is 7. The van der Waals surface area contributed by atoms with Gasteiger partial charge in [-0.15, -0.1) is 0 Å². The zero-order chi connectivity index (χ0) is 21.3. The first kappa shape index (κ1) is 21.0. The summed E-state index contributed by atoms with van der Waals surface area (Å²) in [4.78, 5) is 12.4. The minimum absolute atomic E-state index is 0.0418. The molecular weight excluding hydrogens is 400 g/mol. The molecule has 3 rings (SSSR count). The number of carbonyl (C=O) groups is 1. The number of carbonyl (C=O) groups excluding carboxylic acids is 1. The Morgan fingerprint density at radius 2 is 1.83 bits per heavy atom. The van der Waals surface area contributed by atoms with Crippen LogP contribution in [0.1, 0.15) is 11.1 Å². The molecule has 0 aliphatic heterocycles. The molecule has 0 saturated heterocycles. The van der Waals surface area contributed by atoms with E-state index in [0.29, 0.717) is 34.4 Å². The molecule has 1 amide bonds. The lowest BCUT2D eigenvalue weighted by Crippen LogP contribution is -2.13. The Morgan fingerprint density at radius 1 is 1.10 bits per heavy atom. The van der Waals surface area contributed by atoms with Crippen molar-refractivity contribution in [3.8, 4) is 17.6 Å². The third-order valence-electron chi connectivity index (χ3n) is 4.22. The molecule has 0 saturated carbocycles. The Labute approximate surface area is 180 Å². The highest BCUT2D eigenvalue weighted by molar-refractivity contribution is 6.32. The average molecular weight is 419 g/mol. The number of nitrogens with one attached hydrogen (secondary N) is 1. The molecule has 6 heteroatoms. The molecule has 0 spiro atoms. The van der Waals surface area contributed by atoms with Gasteiger partial charge in [-0.05, 0) is 53.6 Å². The van der Waals surface area contributed by atoms with Crippen molar-refractivity contribution in [1.29, 1.82) is 5.26 Å². The fraction of sp³-hybridized carbons (Fsp3) is 0.0833. The minimum Gasteiger partial charge on any atom is -0.497 e. The molecule has 5 nitrogen and oxygen atoms in total. The van der Waals surface area contributed by atoms with Crippen molar-refractivity contribution in [2.24, 2.45) is 0 Å². The van der Waals surface area contributed by atoms with E-state index in [9.17, 15) is 10.1 Å². The number of nitriles is 1. The predicted molar refractivity (Wildman–Crippen MR) is 117 cm³/mol. The van der Waals surface area contributed by atoms with Crippen LogP contribution in [-0.4, -0.2) is 13.0 Å². The van der Waals surface area contributed by atoms with Crippen molar-refractivity contribution < 1.29 is 14.3 Å². The summed E-state index contributed by atoms with van der Waals surface area (Å²) >= 11 is 6.31. The van der Waals surface area contributed by atoms with E-state index in [-0.39, 0.29) is 5.57 Å². The number of anilines is 1. The number of benzene rings is 3. The van der Waals surface area contributed by atoms with Gasteiger partial charge in [-0.1, -0.05) is 48.0 Å². The monoisotopic (exact) mass is 418 g/mol. The number of nitrogens with zero attached hydrogens (tertiary/aromatic N) is 1. The van der Waals surface area contributed by atoms with Crippen molar-refractivity contribution >= 4 is 29.3 Å². The summed E-state index contributed by atoms with van der Waals surface area (Å²) in [6.45, 7) is 0.392. The molecule has 150 valence electrons. The number of ether oxygens (including phenoxy) is 2. The maximum Gasteiger partial charge on any atom is 0.266 e. The van der Waals surface area contributed by atoms with Crippen molar-refractivity contribution in [3.63, 3.8) is 0 Å². The maximum atomic E-state index is 12.4. The van der Waals surface area contributed by atoms with Crippen LogP contribution in [0.2, 0.25) is 5.02 Å². The summed E-state index contributed by atoms with van der Waals surface area (Å²) in [6, 6.07) is 23.6. The molecule has 3 aromatic carbocycles. The van der Waals surface area contributed by atoms with Crippen LogP contribution in [0, 0.1) is 11.3 Å². The van der Waals surface area contributed by atoms with Gasteiger partial charge in [-0.2, -0.15) is 5.26 Å². The predicted octanol–water partition coefficient (Wildman–Crippen LogP) is 5.47. The molecular formula is C24H19ClN2O3. The Kier molecular flexibility index (Phi) is 7.09. The number of halogens is 1. The first-order valence-electron chi connectivity index (χ1n) is 9.12. The third kappa shape index (κ3) is 5.63. The molecule has 0 aliphatic carbocycles. The molecule has 0 radical (unpaired) electrons. The van der Waals surface area contributed by atoms with Crippen molar-refractivity contribution in [2.75, 3.05) is 12.4 Å². The Hall–Kier alpha value is -3.75. The van der Waals surface area contributed by atoms with E-state index in [1.165, 1.54) is 6.08 Å². The summed E-state index contributed by atoms with van der Waals surface area (Å²) in [5.41, 5.74) is 2.16. The second kappa shape index (κ2) is 10.1. The molecule has 0 heterocycles. The van der Waals surface area contributed by atoms with Gasteiger partial charge in [0.15, 0.2) is 0 Å². The SMILES string of the molecule is COc1ccc(NC(=O)/C(C#N)=C/c2ccc(OCc3ccccc3)c(Cl)c2)cc1. The molecule has 3 aromatic rings. The van der Waals surface area contributed by atoms with Crippen molar-refractivity contribution in [3.05, 3.63) is 94.5 Å². The highest BCUT2D eigenvalue weighted by atomic mass is 35.5. The van der Waals surface area contributed by atoms with E-state index >= 15 is 0 Å². The largest absolute Gasteiger partial charge is 0.497 e. The quantitative estimate of drug-likeness (QED) is 0.407. The Balaban J connectivity index is 1.69. The smallest absolute Gasteiger partial charge is 0.266 e. The zero-order valence-corrected chi connectivity index (χ0v) is 17.0. The standard InChI is InChI=1S/C24H19ClN2O3/c1-29-21-10-8-20(9-11-21)27-24(28)19(15-26)13-18-7-12-23(22(25)14-18)30-16-17-5-3-2-4-6-17/h2-14H,16H2,1H3,(H,27,28)/b19-13+. The van der Waals surface area contributed by atoms with E-state index < -0.39 is 5.91 Å². The summed E-state index contributed by atoms with van der Waals surface area (Å²) in [5, 5.41) is 12.5. The van der Waals surface area contributed by atoms with Crippen LogP contribution >= 0.6 is 11.6 Å². The number of amides is 1. The van der Waals surface area contributed by atoms with Crippen LogP contribution < -0.4 is 14.8 Å². The third-order valence-corrected chi connectivity index (χ3v) is 4.51. The summed E-state index contributed by atoms with van der Waals surface area (Å²) in [7, 11) is 1.56. The molecule has 0 fully saturated rings. The maximum absolute atomic E-state index is 12.4. The summed E-state index contributed by atoms with van der Waals surface area (Å²) < 4.78 is 10.8. The van der Waals surface area contributed by atoms with Gasteiger partial charge < -0.3 is 14.8 Å². The van der Waals surface area contributed by atoms with E-state index in [1.54, 1.807) is 49.6 Å². The van der Waals surface area contributed by atoms with Crippen molar-refractivity contribution in [1.82, 2.24) is 0 Å². The lowest BCUT2D eigenvalue weighted by molar-refractivity contribution is -0.112. The Bertz CT molecular complexity index is 1090. The lowest BCUT2D eigenvalue weighted by atomic mass is 10.1. The molecule has 0 bridgehead atoms. The highest BCUT2D eigenvalue weighted by Gasteiger charge is 2.11. The molecule has 30 heavy (non-hydrogen) atoms. The Morgan fingerprint density at radius 3 is 2.47 bits per heavy atom. The number of hydrogen-bond acceptors (Lipinski definition) is 4. The van der Waals surface area contributed by atoms with Gasteiger partial charge in [-0.25, -0.2) is 0 Å². The van der Waals surface area contributed by atoms with Crippen LogP contribution in [-0.2, 0) is 11.4 Å². The van der Waals surface area contributed by atoms with E-state index in [1.807, 2.05) is 36.4 Å². The fourth-order valence-corrected chi connectivity index (χ4v) is 2.89. The highest BCUT2D eigenvalue weighted by Crippen LogP contribution is 2.27. The average Bonchev–Trinajstić information content (AvgIpc) is 2.78. The van der Waals surface area contributed by atoms with Crippen LogP contribution in [0.15, 0.2) is 78.4 Å². The first-order valence-corrected chi connectivity index (χ1v) is 9.50. The van der Waals surface area contributed by atoms with E-state index in [4.69, 9.17) is 21.1 Å². The van der Waals surface area contributed by atoms with Crippen LogP contribution in [0.4, 0.5) is 5.69 Å². The van der Waals surface area contributed by atoms with Gasteiger partial charge in [0.1, 0.15) is 29.7 Å². The number of hydrogen-bond donors (Lipinski definition) is 1. The van der Waals surface area contributed by atoms with E-state index in [0.717, 1.165) is 5.56 Å². The molecule has 0 aliphatic rings. The minimum atomic E-state index is -0.511. The molecule has 0 aromatic heterocycles. The van der Waals surface area contributed by atoms with Gasteiger partial charge in [0, 0.05) is 5.69 Å². The zero-order valence-electron chi connectivity index (χ0n) is 16.3. The van der Waals surface area contributed by atoms with Crippen molar-refractivity contribution in [2.45, 2.75) is 6.61 Å². The van der Waals surface area contributed by atoms with Gasteiger partial charge in [0.05, 0.1) is 12.1 Å². The second-order valence-corrected chi connectivity index (χ2v) is 6.72. The van der Waals surface area contributed by atoms with Gasteiger partial charge >= 0.3 is 0 Å². The summed E-state index contributed by atoms with van der Waals surface area (Å²) in [5.74, 6) is 0.690. The molecule has 1 N–H and O–H groups in total. The van der Waals surface area contributed by atoms with Crippen LogP contribution in [0.25, 0.3) is 6.08 Å². The molecule has 0 unspecified atom stereocenters. The normalized spacial score (nSPS) is 10.8. The topological polar surface area (TPSA) is 71.3 Å². The van der Waals surface area contributed by atoms with Gasteiger partial charge in [0.25, 0.3) is 5.91 Å². The fourth-order valence-electron chi connectivity index (χ4n) is 2.65. The molecule has 0 atom stereocenters. The first-order chi connectivity index (χ1) is 14.6. The number of methoxy groups -OCH3 is 1. The second-order valence-electron chi connectivity index (χ2n) is 6.32. The lowest BCUT2D eigenvalue weighted by Gasteiger charge is -2.09. The van der Waals surface area contributed by atoms with Gasteiger partial charge in [0.2, 0.25) is 0 Å². The van der Waals surface area contributed by atoms with Gasteiger partial charge in [-0.3, -0.25) is 4.79 Å².